The molecule has 18 heavy (non-hydrogen) atoms. The van der Waals surface area contributed by atoms with Crippen molar-refractivity contribution in [3.05, 3.63) is 34.3 Å². The first-order valence-corrected chi connectivity index (χ1v) is 6.68. The highest BCUT2D eigenvalue weighted by Gasteiger charge is 2.03. The van der Waals surface area contributed by atoms with Crippen LogP contribution < -0.4 is 11.1 Å². The monoisotopic (exact) mass is 264 g/mol. The Morgan fingerprint density at radius 3 is 3.06 bits per heavy atom. The third-order valence-electron chi connectivity index (χ3n) is 2.28. The molecule has 0 aliphatic heterocycles. The third kappa shape index (κ3) is 3.68. The maximum Gasteiger partial charge on any atom is 0.158 e. The second-order valence-electron chi connectivity index (χ2n) is 3.72. The molecule has 5 nitrogen and oxygen atoms in total. The summed E-state index contributed by atoms with van der Waals surface area (Å²) in [4.78, 5) is 8.47. The van der Waals surface area contributed by atoms with Crippen LogP contribution in [0.4, 0.5) is 11.6 Å². The van der Waals surface area contributed by atoms with Gasteiger partial charge in [0.25, 0.3) is 0 Å². The van der Waals surface area contributed by atoms with E-state index < -0.39 is 0 Å². The molecular weight excluding hydrogens is 248 g/mol. The molecule has 0 aliphatic rings. The van der Waals surface area contributed by atoms with E-state index in [4.69, 9.17) is 10.5 Å². The lowest BCUT2D eigenvalue weighted by Gasteiger charge is -2.07. The summed E-state index contributed by atoms with van der Waals surface area (Å²) in [5, 5.41) is 7.37. The van der Waals surface area contributed by atoms with Gasteiger partial charge in [0.2, 0.25) is 0 Å². The Morgan fingerprint density at radius 1 is 1.44 bits per heavy atom. The Labute approximate surface area is 110 Å². The number of nitrogens with zero attached hydrogens (tertiary/aromatic N) is 2. The van der Waals surface area contributed by atoms with Crippen LogP contribution in [0.1, 0.15) is 18.3 Å². The van der Waals surface area contributed by atoms with Gasteiger partial charge in [-0.3, -0.25) is 0 Å². The first-order valence-electron chi connectivity index (χ1n) is 5.74. The maximum absolute atomic E-state index is 5.74. The van der Waals surface area contributed by atoms with Gasteiger partial charge in [-0.15, -0.1) is 0 Å². The van der Waals surface area contributed by atoms with Crippen LogP contribution in [0.3, 0.4) is 0 Å². The molecule has 0 fully saturated rings. The third-order valence-corrected chi connectivity index (χ3v) is 3.01. The normalized spacial score (nSPS) is 10.5. The molecule has 0 radical (unpaired) electrons. The van der Waals surface area contributed by atoms with Crippen LogP contribution >= 0.6 is 11.3 Å². The van der Waals surface area contributed by atoms with E-state index in [2.05, 4.69) is 26.7 Å². The van der Waals surface area contributed by atoms with Gasteiger partial charge in [-0.25, -0.2) is 9.97 Å². The van der Waals surface area contributed by atoms with E-state index in [0.717, 1.165) is 12.4 Å². The lowest BCUT2D eigenvalue weighted by Crippen LogP contribution is -2.07. The summed E-state index contributed by atoms with van der Waals surface area (Å²) in [7, 11) is 0. The van der Waals surface area contributed by atoms with E-state index in [0.29, 0.717) is 24.9 Å². The zero-order valence-electron chi connectivity index (χ0n) is 10.2. The van der Waals surface area contributed by atoms with Gasteiger partial charge in [0.05, 0.1) is 0 Å². The molecule has 0 aromatic carbocycles. The summed E-state index contributed by atoms with van der Waals surface area (Å²) >= 11 is 1.67. The number of hydrogen-bond donors (Lipinski definition) is 2. The molecular formula is C12H16N4OS. The first kappa shape index (κ1) is 12.8. The molecule has 0 aliphatic carbocycles. The number of rotatable bonds is 6. The van der Waals surface area contributed by atoms with E-state index in [1.54, 1.807) is 17.4 Å². The van der Waals surface area contributed by atoms with Crippen molar-refractivity contribution in [2.24, 2.45) is 0 Å². The summed E-state index contributed by atoms with van der Waals surface area (Å²) in [6.07, 6.45) is 0. The highest BCUT2D eigenvalue weighted by molar-refractivity contribution is 7.07. The molecule has 0 atom stereocenters. The number of hydrogen-bond acceptors (Lipinski definition) is 6. The van der Waals surface area contributed by atoms with E-state index in [1.807, 2.05) is 12.3 Å². The van der Waals surface area contributed by atoms with Gasteiger partial charge in [0, 0.05) is 19.2 Å². The highest BCUT2D eigenvalue weighted by Crippen LogP contribution is 2.12. The van der Waals surface area contributed by atoms with Crippen molar-refractivity contribution in [1.82, 2.24) is 9.97 Å². The zero-order valence-corrected chi connectivity index (χ0v) is 11.0. The summed E-state index contributed by atoms with van der Waals surface area (Å²) in [5.74, 6) is 1.78. The average Bonchev–Trinajstić information content (AvgIpc) is 2.86. The summed E-state index contributed by atoms with van der Waals surface area (Å²) in [6.45, 7) is 3.68. The Kier molecular flexibility index (Phi) is 4.49. The molecule has 2 aromatic rings. The maximum atomic E-state index is 5.74. The molecule has 2 heterocycles. The van der Waals surface area contributed by atoms with Gasteiger partial charge in [-0.1, -0.05) is 0 Å². The second-order valence-corrected chi connectivity index (χ2v) is 4.50. The number of ether oxygens (including phenoxy) is 1. The van der Waals surface area contributed by atoms with Crippen molar-refractivity contribution in [3.8, 4) is 0 Å². The Bertz CT molecular complexity index is 487. The number of nitrogens with one attached hydrogen (secondary N) is 1. The molecule has 2 rings (SSSR count). The molecule has 6 heteroatoms. The van der Waals surface area contributed by atoms with Crippen molar-refractivity contribution in [2.45, 2.75) is 20.1 Å². The van der Waals surface area contributed by atoms with Crippen molar-refractivity contribution in [2.75, 3.05) is 17.7 Å². The molecule has 2 aromatic heterocycles. The topological polar surface area (TPSA) is 73.1 Å². The minimum Gasteiger partial charge on any atom is -0.384 e. The summed E-state index contributed by atoms with van der Waals surface area (Å²) in [6, 6.07) is 3.80. The quantitative estimate of drug-likeness (QED) is 0.837. The van der Waals surface area contributed by atoms with Crippen molar-refractivity contribution < 1.29 is 4.74 Å². The van der Waals surface area contributed by atoms with Crippen LogP contribution in [0, 0.1) is 0 Å². The van der Waals surface area contributed by atoms with Crippen LogP contribution in [0.25, 0.3) is 0 Å². The van der Waals surface area contributed by atoms with Gasteiger partial charge in [0.15, 0.2) is 5.82 Å². The van der Waals surface area contributed by atoms with Crippen LogP contribution in [-0.2, 0) is 17.9 Å². The summed E-state index contributed by atoms with van der Waals surface area (Å²) < 4.78 is 5.27. The fourth-order valence-electron chi connectivity index (χ4n) is 1.45. The van der Waals surface area contributed by atoms with E-state index in [9.17, 15) is 0 Å². The van der Waals surface area contributed by atoms with E-state index >= 15 is 0 Å². The van der Waals surface area contributed by atoms with E-state index in [1.165, 1.54) is 5.56 Å². The van der Waals surface area contributed by atoms with Crippen LogP contribution in [0.5, 0.6) is 0 Å². The van der Waals surface area contributed by atoms with Crippen molar-refractivity contribution in [3.63, 3.8) is 0 Å². The lowest BCUT2D eigenvalue weighted by atomic mass is 10.3. The fourth-order valence-corrected chi connectivity index (χ4v) is 2.12. The number of nitrogen functional groups attached to an aromatic ring is 1. The number of thiophene rings is 1. The van der Waals surface area contributed by atoms with Crippen molar-refractivity contribution in [1.29, 1.82) is 0 Å². The Morgan fingerprint density at radius 2 is 2.33 bits per heavy atom. The van der Waals surface area contributed by atoms with Crippen molar-refractivity contribution >= 4 is 23.0 Å². The molecule has 0 saturated carbocycles. The first-order chi connectivity index (χ1) is 8.78. The largest absolute Gasteiger partial charge is 0.384 e. The molecule has 3 N–H and O–H groups in total. The minimum absolute atomic E-state index is 0.384. The van der Waals surface area contributed by atoms with Gasteiger partial charge in [-0.05, 0) is 29.3 Å². The number of nitrogens with two attached hydrogens (primary N) is 1. The minimum atomic E-state index is 0.384. The number of aromatic nitrogens is 2. The Hall–Kier alpha value is -1.66. The zero-order chi connectivity index (χ0) is 12.8. The van der Waals surface area contributed by atoms with E-state index in [-0.39, 0.29) is 0 Å². The summed E-state index contributed by atoms with van der Waals surface area (Å²) in [5.41, 5.74) is 6.96. The molecule has 0 bridgehead atoms. The molecule has 0 unspecified atom stereocenters. The van der Waals surface area contributed by atoms with Crippen LogP contribution in [0.2, 0.25) is 0 Å². The van der Waals surface area contributed by atoms with Crippen LogP contribution in [-0.4, -0.2) is 16.6 Å². The van der Waals surface area contributed by atoms with Gasteiger partial charge >= 0.3 is 0 Å². The smallest absolute Gasteiger partial charge is 0.158 e. The van der Waals surface area contributed by atoms with Gasteiger partial charge in [0.1, 0.15) is 18.2 Å². The van der Waals surface area contributed by atoms with Gasteiger partial charge < -0.3 is 15.8 Å². The van der Waals surface area contributed by atoms with Crippen LogP contribution in [0.15, 0.2) is 22.9 Å². The fraction of sp³-hybridized carbons (Fsp3) is 0.333. The molecule has 96 valence electrons. The predicted molar refractivity (Wildman–Crippen MR) is 73.4 cm³/mol. The molecule has 0 amide bonds. The average molecular weight is 264 g/mol. The lowest BCUT2D eigenvalue weighted by molar-refractivity contribution is 0.128. The SMILES string of the molecule is CCOCc1nc(N)cc(NCc2ccsc2)n1. The Balaban J connectivity index is 2.00. The predicted octanol–water partition coefficient (Wildman–Crippen LogP) is 2.27. The van der Waals surface area contributed by atoms with Gasteiger partial charge in [-0.2, -0.15) is 11.3 Å². The molecule has 0 spiro atoms. The number of anilines is 2. The highest BCUT2D eigenvalue weighted by atomic mass is 32.1. The molecule has 0 saturated heterocycles. The second kappa shape index (κ2) is 6.32. The standard InChI is InChI=1S/C12H16N4OS/c1-2-17-7-12-15-10(13)5-11(16-12)14-6-9-3-4-18-8-9/h3-5,8H,2,6-7H2,1H3,(H3,13,14,15,16).